The van der Waals surface area contributed by atoms with Crippen LogP contribution in [0.3, 0.4) is 0 Å². The van der Waals surface area contributed by atoms with Crippen LogP contribution in [0, 0.1) is 0 Å². The molecular formula is C39H35N5O7. The topological polar surface area (TPSA) is 139 Å². The van der Waals surface area contributed by atoms with Crippen LogP contribution < -0.4 is 14.8 Å². The third-order valence-corrected chi connectivity index (χ3v) is 9.61. The number of imidazole rings is 1. The molecule has 2 aliphatic rings. The highest BCUT2D eigenvalue weighted by atomic mass is 16.7. The number of carbonyl (C=O) groups is 1. The Bertz CT molecular complexity index is 2100. The van der Waals surface area contributed by atoms with Crippen LogP contribution in [0.2, 0.25) is 0 Å². The SMILES string of the molecule is COc1ccc(C(OC[C@@]23COC([C@H](n4cnc5c(NC(=O)c6ccccc6)ncnc54)O2)[C@H]3O)(c2ccccc2)c2ccc(OC)cc2)cc1. The van der Waals surface area contributed by atoms with Crippen LogP contribution in [0.1, 0.15) is 33.3 Å². The molecule has 8 rings (SSSR count). The van der Waals surface area contributed by atoms with Crippen molar-refractivity contribution in [3.05, 3.63) is 144 Å². The first-order valence-corrected chi connectivity index (χ1v) is 16.5. The lowest BCUT2D eigenvalue weighted by Gasteiger charge is -2.39. The molecule has 1 unspecified atom stereocenters. The van der Waals surface area contributed by atoms with E-state index in [1.165, 1.54) is 6.33 Å². The maximum atomic E-state index is 12.9. The number of aliphatic hydroxyl groups excluding tert-OH is 1. The Labute approximate surface area is 293 Å². The Hall–Kier alpha value is -5.66. The van der Waals surface area contributed by atoms with Crippen LogP contribution in [0.15, 0.2) is 122 Å². The highest BCUT2D eigenvalue weighted by molar-refractivity contribution is 6.06. The predicted molar refractivity (Wildman–Crippen MR) is 187 cm³/mol. The number of nitrogens with zero attached hydrogens (tertiary/aromatic N) is 4. The first-order valence-electron chi connectivity index (χ1n) is 16.5. The molecule has 6 aromatic rings. The first-order chi connectivity index (χ1) is 25.0. The fourth-order valence-corrected chi connectivity index (χ4v) is 6.94. The minimum absolute atomic E-state index is 0.0336. The van der Waals surface area contributed by atoms with Gasteiger partial charge in [-0.15, -0.1) is 0 Å². The maximum absolute atomic E-state index is 12.9. The Morgan fingerprint density at radius 1 is 0.863 bits per heavy atom. The summed E-state index contributed by atoms with van der Waals surface area (Å²) in [7, 11) is 3.25. The van der Waals surface area contributed by atoms with E-state index in [1.54, 1.807) is 49.4 Å². The van der Waals surface area contributed by atoms with Crippen LogP contribution in [0.25, 0.3) is 11.2 Å². The monoisotopic (exact) mass is 685 g/mol. The summed E-state index contributed by atoms with van der Waals surface area (Å²) in [5.41, 5.74) is 1.46. The average molecular weight is 686 g/mol. The number of anilines is 1. The lowest BCUT2D eigenvalue weighted by Crippen LogP contribution is -2.48. The van der Waals surface area contributed by atoms with Crippen LogP contribution in [-0.2, 0) is 19.8 Å². The average Bonchev–Trinajstić information content (AvgIpc) is 3.85. The zero-order valence-electron chi connectivity index (χ0n) is 27.9. The summed E-state index contributed by atoms with van der Waals surface area (Å²) < 4.78 is 32.7. The fourth-order valence-electron chi connectivity index (χ4n) is 6.94. The van der Waals surface area contributed by atoms with E-state index in [0.29, 0.717) is 28.2 Å². The Balaban J connectivity index is 1.14. The predicted octanol–water partition coefficient (Wildman–Crippen LogP) is 5.13. The molecule has 12 nitrogen and oxygen atoms in total. The van der Waals surface area contributed by atoms with E-state index in [4.69, 9.17) is 23.7 Å². The molecule has 0 spiro atoms. The van der Waals surface area contributed by atoms with Crippen molar-refractivity contribution in [1.82, 2.24) is 19.5 Å². The van der Waals surface area contributed by atoms with Crippen LogP contribution in [0.4, 0.5) is 5.82 Å². The summed E-state index contributed by atoms with van der Waals surface area (Å²) in [4.78, 5) is 26.2. The third-order valence-electron chi connectivity index (χ3n) is 9.61. The van der Waals surface area contributed by atoms with Crippen LogP contribution in [0.5, 0.6) is 11.5 Å². The Morgan fingerprint density at radius 2 is 1.47 bits per heavy atom. The summed E-state index contributed by atoms with van der Waals surface area (Å²) in [6.07, 6.45) is 0.331. The summed E-state index contributed by atoms with van der Waals surface area (Å²) >= 11 is 0. The van der Waals surface area contributed by atoms with E-state index < -0.39 is 29.6 Å². The molecule has 1 amide bonds. The van der Waals surface area contributed by atoms with E-state index in [1.807, 2.05) is 84.9 Å². The third kappa shape index (κ3) is 5.58. The van der Waals surface area contributed by atoms with Gasteiger partial charge in [0, 0.05) is 5.56 Å². The van der Waals surface area contributed by atoms with Gasteiger partial charge < -0.3 is 34.1 Å². The summed E-state index contributed by atoms with van der Waals surface area (Å²) in [5, 5.41) is 14.6. The highest BCUT2D eigenvalue weighted by Gasteiger charge is 2.63. The van der Waals surface area contributed by atoms with Crippen LogP contribution in [-0.4, -0.2) is 75.8 Å². The molecule has 2 saturated heterocycles. The molecule has 4 atom stereocenters. The zero-order chi connectivity index (χ0) is 35.0. The number of fused-ring (bicyclic) bond motifs is 3. The van der Waals surface area contributed by atoms with Gasteiger partial charge in [-0.1, -0.05) is 72.8 Å². The van der Waals surface area contributed by atoms with Gasteiger partial charge in [0.25, 0.3) is 5.91 Å². The van der Waals surface area contributed by atoms with Crippen molar-refractivity contribution in [1.29, 1.82) is 0 Å². The summed E-state index contributed by atoms with van der Waals surface area (Å²) in [5.74, 6) is 1.34. The molecule has 2 N–H and O–H groups in total. The number of ether oxygens (including phenoxy) is 5. The summed E-state index contributed by atoms with van der Waals surface area (Å²) in [6.45, 7) is 0.0690. The minimum Gasteiger partial charge on any atom is -0.497 e. The molecule has 0 radical (unpaired) electrons. The number of aliphatic hydroxyl groups is 1. The van der Waals surface area contributed by atoms with E-state index in [0.717, 1.165) is 16.7 Å². The van der Waals surface area contributed by atoms with E-state index in [9.17, 15) is 9.90 Å². The van der Waals surface area contributed by atoms with Crippen LogP contribution >= 0.6 is 0 Å². The molecule has 258 valence electrons. The first kappa shape index (κ1) is 32.5. The van der Waals surface area contributed by atoms with E-state index in [-0.39, 0.29) is 24.9 Å². The second-order valence-electron chi connectivity index (χ2n) is 12.5. The van der Waals surface area contributed by atoms with Gasteiger partial charge in [0.05, 0.1) is 33.8 Å². The number of nitrogens with one attached hydrogen (secondary N) is 1. The molecular weight excluding hydrogens is 650 g/mol. The molecule has 4 aromatic carbocycles. The molecule has 2 fully saturated rings. The van der Waals surface area contributed by atoms with Gasteiger partial charge in [0.15, 0.2) is 23.2 Å². The number of aromatic nitrogens is 4. The number of amides is 1. The second kappa shape index (κ2) is 13.2. The van der Waals surface area contributed by atoms with Gasteiger partial charge >= 0.3 is 0 Å². The van der Waals surface area contributed by atoms with Crippen molar-refractivity contribution in [3.63, 3.8) is 0 Å². The molecule has 0 saturated carbocycles. The number of methoxy groups -OCH3 is 2. The molecule has 0 aliphatic carbocycles. The van der Waals surface area contributed by atoms with Crippen molar-refractivity contribution in [2.75, 3.05) is 32.8 Å². The van der Waals surface area contributed by atoms with Gasteiger partial charge in [0.1, 0.15) is 41.2 Å². The lowest BCUT2D eigenvalue weighted by molar-refractivity contribution is -0.202. The number of hydrogen-bond acceptors (Lipinski definition) is 10. The molecule has 2 bridgehead atoms. The van der Waals surface area contributed by atoms with Crippen molar-refractivity contribution in [3.8, 4) is 11.5 Å². The van der Waals surface area contributed by atoms with Gasteiger partial charge in [-0.25, -0.2) is 15.0 Å². The lowest BCUT2D eigenvalue weighted by atomic mass is 9.79. The quantitative estimate of drug-likeness (QED) is 0.177. The van der Waals surface area contributed by atoms with Gasteiger partial charge in [-0.2, -0.15) is 0 Å². The number of hydrogen-bond donors (Lipinski definition) is 2. The number of benzene rings is 4. The molecule has 2 aromatic heterocycles. The van der Waals surface area contributed by atoms with Crippen molar-refractivity contribution in [2.45, 2.75) is 29.6 Å². The number of rotatable bonds is 11. The van der Waals surface area contributed by atoms with Crippen molar-refractivity contribution < 1.29 is 33.6 Å². The van der Waals surface area contributed by atoms with Gasteiger partial charge in [0.2, 0.25) is 0 Å². The van der Waals surface area contributed by atoms with Gasteiger partial charge in [-0.05, 0) is 53.1 Å². The zero-order valence-corrected chi connectivity index (χ0v) is 27.9. The molecule has 51 heavy (non-hydrogen) atoms. The van der Waals surface area contributed by atoms with E-state index in [2.05, 4.69) is 20.3 Å². The fraction of sp³-hybridized carbons (Fsp3) is 0.231. The standard InChI is InChI=1S/C39H35N5O7/c1-47-29-17-13-27(14-18-29)39(26-11-7-4-8-12-26,28-15-19-30(48-2)20-16-28)50-22-38-21-49-32(33(38)45)37(51-38)44-24-42-31-34(40-23-41-35(31)44)43-36(46)25-9-5-3-6-10-25/h3-20,23-24,32-33,37,45H,21-22H2,1-2H3,(H,40,41,43,46)/t32?,33-,37-,38-/m1/s1. The Morgan fingerprint density at radius 3 is 2.10 bits per heavy atom. The second-order valence-corrected chi connectivity index (χ2v) is 12.5. The van der Waals surface area contributed by atoms with Crippen molar-refractivity contribution >= 4 is 22.9 Å². The molecule has 2 aliphatic heterocycles. The highest BCUT2D eigenvalue weighted by Crippen LogP contribution is 2.49. The molecule has 12 heteroatoms. The smallest absolute Gasteiger partial charge is 0.256 e. The summed E-state index contributed by atoms with van der Waals surface area (Å²) in [6, 6.07) is 34.2. The van der Waals surface area contributed by atoms with Gasteiger partial charge in [-0.3, -0.25) is 9.36 Å². The molecule has 4 heterocycles. The van der Waals surface area contributed by atoms with E-state index >= 15 is 0 Å². The largest absolute Gasteiger partial charge is 0.497 e. The Kier molecular flexibility index (Phi) is 8.44. The number of carbonyl (C=O) groups excluding carboxylic acids is 1. The maximum Gasteiger partial charge on any atom is 0.256 e. The van der Waals surface area contributed by atoms with Crippen molar-refractivity contribution in [2.24, 2.45) is 0 Å². The minimum atomic E-state index is -1.23. The normalized spacial score (nSPS) is 21.1.